The molecule has 0 aliphatic carbocycles. The number of hydrogen-bond acceptors (Lipinski definition) is 7. The maximum atomic E-state index is 13.2. The van der Waals surface area contributed by atoms with Crippen molar-refractivity contribution in [1.29, 1.82) is 0 Å². The van der Waals surface area contributed by atoms with Gasteiger partial charge in [0.1, 0.15) is 12.1 Å². The molecular formula is C22H19F2N3O7. The minimum absolute atomic E-state index is 0.128. The van der Waals surface area contributed by atoms with Crippen molar-refractivity contribution in [2.75, 3.05) is 25.1 Å². The lowest BCUT2D eigenvalue weighted by atomic mass is 9.91. The standard InChI is InChI=1S/C22H19F2N3O7/c1-21(12-3-5-14-16(9-12)32-8-2-7-31-14)19(29)27(20(30)26-21)11-18(28)25-13-4-6-15-17(10-13)34-22(23,24)33-15/h3-6,9-10H,2,7-8,11H2,1H3,(H,25,28)(H,26,30). The van der Waals surface area contributed by atoms with Crippen molar-refractivity contribution in [1.82, 2.24) is 10.2 Å². The molecule has 1 unspecified atom stereocenters. The number of carbonyl (C=O) groups excluding carboxylic acids is 3. The Hall–Kier alpha value is -4.09. The second-order valence-electron chi connectivity index (χ2n) is 8.04. The number of amides is 4. The summed E-state index contributed by atoms with van der Waals surface area (Å²) in [6.45, 7) is 1.91. The van der Waals surface area contributed by atoms with Crippen LogP contribution in [0.1, 0.15) is 18.9 Å². The Morgan fingerprint density at radius 1 is 1.03 bits per heavy atom. The van der Waals surface area contributed by atoms with E-state index in [1.807, 2.05) is 0 Å². The van der Waals surface area contributed by atoms with Crippen molar-refractivity contribution in [2.24, 2.45) is 0 Å². The molecule has 2 aromatic rings. The number of anilines is 1. The normalized spacial score (nSPS) is 22.3. The number of fused-ring (bicyclic) bond motifs is 2. The topological polar surface area (TPSA) is 115 Å². The van der Waals surface area contributed by atoms with Crippen LogP contribution in [0.4, 0.5) is 19.3 Å². The van der Waals surface area contributed by atoms with Gasteiger partial charge >= 0.3 is 12.3 Å². The Morgan fingerprint density at radius 2 is 1.74 bits per heavy atom. The van der Waals surface area contributed by atoms with E-state index in [0.29, 0.717) is 36.7 Å². The fourth-order valence-electron chi connectivity index (χ4n) is 3.88. The highest BCUT2D eigenvalue weighted by molar-refractivity contribution is 6.10. The van der Waals surface area contributed by atoms with Crippen LogP contribution >= 0.6 is 0 Å². The van der Waals surface area contributed by atoms with Gasteiger partial charge in [0.05, 0.1) is 13.2 Å². The summed E-state index contributed by atoms with van der Waals surface area (Å²) < 4.78 is 46.3. The monoisotopic (exact) mass is 475 g/mol. The summed E-state index contributed by atoms with van der Waals surface area (Å²) in [5, 5.41) is 5.07. The number of carbonyl (C=O) groups is 3. The number of nitrogens with one attached hydrogen (secondary N) is 2. The van der Waals surface area contributed by atoms with E-state index in [-0.39, 0.29) is 17.2 Å². The van der Waals surface area contributed by atoms with E-state index >= 15 is 0 Å². The lowest BCUT2D eigenvalue weighted by Crippen LogP contribution is -2.42. The predicted molar refractivity (Wildman–Crippen MR) is 111 cm³/mol. The molecular weight excluding hydrogens is 456 g/mol. The minimum Gasteiger partial charge on any atom is -0.490 e. The average molecular weight is 475 g/mol. The van der Waals surface area contributed by atoms with E-state index in [1.165, 1.54) is 19.1 Å². The fraction of sp³-hybridized carbons (Fsp3) is 0.318. The second kappa shape index (κ2) is 7.75. The molecule has 2 N–H and O–H groups in total. The second-order valence-corrected chi connectivity index (χ2v) is 8.04. The fourth-order valence-corrected chi connectivity index (χ4v) is 3.88. The third-order valence-electron chi connectivity index (χ3n) is 5.59. The van der Waals surface area contributed by atoms with Crippen LogP contribution in [0.25, 0.3) is 0 Å². The summed E-state index contributed by atoms with van der Waals surface area (Å²) in [4.78, 5) is 39.0. The van der Waals surface area contributed by atoms with Gasteiger partial charge < -0.3 is 29.6 Å². The summed E-state index contributed by atoms with van der Waals surface area (Å²) in [7, 11) is 0. The molecule has 1 fully saturated rings. The van der Waals surface area contributed by atoms with Crippen molar-refractivity contribution in [3.63, 3.8) is 0 Å². The smallest absolute Gasteiger partial charge is 0.490 e. The minimum atomic E-state index is -3.79. The molecule has 178 valence electrons. The highest BCUT2D eigenvalue weighted by Gasteiger charge is 2.50. The van der Waals surface area contributed by atoms with Gasteiger partial charge in [0.15, 0.2) is 23.0 Å². The molecule has 0 spiro atoms. The van der Waals surface area contributed by atoms with Crippen LogP contribution in [-0.4, -0.2) is 48.8 Å². The van der Waals surface area contributed by atoms with E-state index in [0.717, 1.165) is 11.0 Å². The van der Waals surface area contributed by atoms with Crippen LogP contribution < -0.4 is 29.6 Å². The zero-order valence-corrected chi connectivity index (χ0v) is 17.9. The van der Waals surface area contributed by atoms with Gasteiger partial charge in [0.25, 0.3) is 5.91 Å². The molecule has 5 rings (SSSR count). The molecule has 12 heteroatoms. The lowest BCUT2D eigenvalue weighted by Gasteiger charge is -2.23. The van der Waals surface area contributed by atoms with Crippen molar-refractivity contribution in [2.45, 2.75) is 25.2 Å². The first-order chi connectivity index (χ1) is 16.1. The summed E-state index contributed by atoms with van der Waals surface area (Å²) in [5.41, 5.74) is -0.829. The van der Waals surface area contributed by atoms with Crippen molar-refractivity contribution in [3.05, 3.63) is 42.0 Å². The Bertz CT molecular complexity index is 1210. The molecule has 4 amide bonds. The van der Waals surface area contributed by atoms with Gasteiger partial charge in [-0.25, -0.2) is 4.79 Å². The lowest BCUT2D eigenvalue weighted by molar-refractivity contribution is -0.286. The van der Waals surface area contributed by atoms with E-state index in [2.05, 4.69) is 20.1 Å². The molecule has 3 aliphatic heterocycles. The first-order valence-corrected chi connectivity index (χ1v) is 10.4. The van der Waals surface area contributed by atoms with E-state index in [4.69, 9.17) is 9.47 Å². The number of halogens is 2. The van der Waals surface area contributed by atoms with Gasteiger partial charge in [-0.05, 0) is 36.8 Å². The van der Waals surface area contributed by atoms with Crippen LogP contribution in [-0.2, 0) is 15.1 Å². The number of rotatable bonds is 4. The maximum absolute atomic E-state index is 13.2. The summed E-state index contributed by atoms with van der Waals surface area (Å²) >= 11 is 0. The van der Waals surface area contributed by atoms with Gasteiger partial charge in [-0.3, -0.25) is 14.5 Å². The third-order valence-corrected chi connectivity index (χ3v) is 5.59. The van der Waals surface area contributed by atoms with Crippen molar-refractivity contribution >= 4 is 23.5 Å². The number of benzene rings is 2. The number of imide groups is 1. The molecule has 3 aliphatic rings. The van der Waals surface area contributed by atoms with E-state index in [1.54, 1.807) is 18.2 Å². The van der Waals surface area contributed by atoms with Crippen molar-refractivity contribution in [3.8, 4) is 23.0 Å². The van der Waals surface area contributed by atoms with Crippen LogP contribution in [0.3, 0.4) is 0 Å². The number of alkyl halides is 2. The first kappa shape index (κ1) is 21.7. The highest BCUT2D eigenvalue weighted by Crippen LogP contribution is 2.42. The zero-order chi connectivity index (χ0) is 24.1. The molecule has 1 atom stereocenters. The Labute approximate surface area is 191 Å². The van der Waals surface area contributed by atoms with E-state index < -0.39 is 36.2 Å². The molecule has 0 radical (unpaired) electrons. The number of urea groups is 1. The van der Waals surface area contributed by atoms with Crippen LogP contribution in [0.15, 0.2) is 36.4 Å². The van der Waals surface area contributed by atoms with Crippen LogP contribution in [0, 0.1) is 0 Å². The van der Waals surface area contributed by atoms with Gasteiger partial charge in [0, 0.05) is 18.2 Å². The highest BCUT2D eigenvalue weighted by atomic mass is 19.3. The molecule has 0 bridgehead atoms. The maximum Gasteiger partial charge on any atom is 0.586 e. The molecule has 0 saturated carbocycles. The predicted octanol–water partition coefficient (Wildman–Crippen LogP) is 2.58. The Kier molecular flexibility index (Phi) is 4.95. The summed E-state index contributed by atoms with van der Waals surface area (Å²) in [6, 6.07) is 7.89. The molecule has 34 heavy (non-hydrogen) atoms. The van der Waals surface area contributed by atoms with E-state index in [9.17, 15) is 23.2 Å². The summed E-state index contributed by atoms with van der Waals surface area (Å²) in [6.07, 6.45) is -3.08. The quantitative estimate of drug-likeness (QED) is 0.653. The summed E-state index contributed by atoms with van der Waals surface area (Å²) in [5.74, 6) is -0.769. The molecule has 3 heterocycles. The molecule has 10 nitrogen and oxygen atoms in total. The Balaban J connectivity index is 1.29. The number of ether oxygens (including phenoxy) is 4. The van der Waals surface area contributed by atoms with Gasteiger partial charge in [-0.15, -0.1) is 8.78 Å². The van der Waals surface area contributed by atoms with Gasteiger partial charge in [0.2, 0.25) is 5.91 Å². The molecule has 1 saturated heterocycles. The van der Waals surface area contributed by atoms with Crippen LogP contribution in [0.2, 0.25) is 0 Å². The number of hydrogen-bond donors (Lipinski definition) is 2. The van der Waals surface area contributed by atoms with Crippen LogP contribution in [0.5, 0.6) is 23.0 Å². The Morgan fingerprint density at radius 3 is 2.53 bits per heavy atom. The van der Waals surface area contributed by atoms with Crippen molar-refractivity contribution < 1.29 is 42.1 Å². The molecule has 2 aromatic carbocycles. The SMILES string of the molecule is CC1(c2ccc3c(c2)OCCCO3)NC(=O)N(CC(=O)Nc2ccc3c(c2)OC(F)(F)O3)C1=O. The van der Waals surface area contributed by atoms with Gasteiger partial charge in [-0.2, -0.15) is 0 Å². The zero-order valence-electron chi connectivity index (χ0n) is 17.9. The first-order valence-electron chi connectivity index (χ1n) is 10.4. The number of nitrogens with zero attached hydrogens (tertiary/aromatic N) is 1. The largest absolute Gasteiger partial charge is 0.586 e. The average Bonchev–Trinajstić information content (AvgIpc) is 3.07. The third kappa shape index (κ3) is 3.80. The van der Waals surface area contributed by atoms with Gasteiger partial charge in [-0.1, -0.05) is 6.07 Å². The molecule has 0 aromatic heterocycles.